The first-order chi connectivity index (χ1) is 13.0. The number of hydrogen-bond acceptors (Lipinski definition) is 7. The summed E-state index contributed by atoms with van der Waals surface area (Å²) in [5.41, 5.74) is 1.95. The molecule has 3 aromatic rings. The molecule has 3 N–H and O–H groups in total. The Balaban J connectivity index is 1.59. The number of carbonyl (C=O) groups excluding carboxylic acids is 1. The van der Waals surface area contributed by atoms with Crippen LogP contribution < -0.4 is 10.6 Å². The van der Waals surface area contributed by atoms with Gasteiger partial charge in [0, 0.05) is 18.4 Å². The molecule has 27 heavy (non-hydrogen) atoms. The second-order valence-electron chi connectivity index (χ2n) is 6.63. The van der Waals surface area contributed by atoms with E-state index in [4.69, 9.17) is 11.6 Å². The number of pyridine rings is 1. The summed E-state index contributed by atoms with van der Waals surface area (Å²) in [7, 11) is 0. The van der Waals surface area contributed by atoms with E-state index in [1.807, 2.05) is 24.4 Å². The predicted molar refractivity (Wildman–Crippen MR) is 105 cm³/mol. The minimum atomic E-state index is -0.327. The number of fused-ring (bicyclic) bond motifs is 1. The van der Waals surface area contributed by atoms with Crippen LogP contribution >= 0.6 is 22.9 Å². The molecule has 7 nitrogen and oxygen atoms in total. The van der Waals surface area contributed by atoms with Crippen molar-refractivity contribution < 1.29 is 9.90 Å². The Morgan fingerprint density at radius 1 is 1.37 bits per heavy atom. The van der Waals surface area contributed by atoms with Crippen LogP contribution in [0.5, 0.6) is 0 Å². The molecule has 0 aromatic carbocycles. The van der Waals surface area contributed by atoms with E-state index in [1.54, 1.807) is 12.4 Å². The van der Waals surface area contributed by atoms with E-state index >= 15 is 0 Å². The Morgan fingerprint density at radius 2 is 2.19 bits per heavy atom. The summed E-state index contributed by atoms with van der Waals surface area (Å²) in [4.78, 5) is 25.7. The molecule has 1 saturated carbocycles. The number of hydrogen-bond donors (Lipinski definition) is 3. The number of rotatable bonds is 5. The highest BCUT2D eigenvalue weighted by molar-refractivity contribution is 7.17. The highest BCUT2D eigenvalue weighted by Gasteiger charge is 2.30. The molecule has 1 atom stereocenters. The van der Waals surface area contributed by atoms with Gasteiger partial charge in [0.2, 0.25) is 5.95 Å². The molecule has 3 aromatic heterocycles. The fourth-order valence-corrected chi connectivity index (χ4v) is 3.98. The Morgan fingerprint density at radius 3 is 2.93 bits per heavy atom. The van der Waals surface area contributed by atoms with Crippen LogP contribution in [0.2, 0.25) is 5.02 Å². The third-order valence-corrected chi connectivity index (χ3v) is 5.66. The van der Waals surface area contributed by atoms with Crippen molar-refractivity contribution in [1.29, 1.82) is 0 Å². The number of thiophene rings is 1. The summed E-state index contributed by atoms with van der Waals surface area (Å²) in [6.07, 6.45) is 4.13. The van der Waals surface area contributed by atoms with Crippen molar-refractivity contribution >= 4 is 45.0 Å². The van der Waals surface area contributed by atoms with Gasteiger partial charge in [-0.15, -0.1) is 11.3 Å². The Hall–Kier alpha value is -2.29. The highest BCUT2D eigenvalue weighted by atomic mass is 35.5. The topological polar surface area (TPSA) is 100 Å². The maximum absolute atomic E-state index is 12.7. The van der Waals surface area contributed by atoms with Gasteiger partial charge in [0.05, 0.1) is 27.4 Å². The van der Waals surface area contributed by atoms with Crippen LogP contribution in [-0.4, -0.2) is 38.1 Å². The van der Waals surface area contributed by atoms with Gasteiger partial charge < -0.3 is 15.7 Å². The number of nitrogens with zero attached hydrogens (tertiary/aromatic N) is 3. The fourth-order valence-electron chi connectivity index (χ4n) is 2.98. The zero-order valence-corrected chi connectivity index (χ0v) is 16.1. The third-order valence-electron chi connectivity index (χ3n) is 4.54. The molecule has 0 bridgehead atoms. The van der Waals surface area contributed by atoms with Crippen molar-refractivity contribution in [1.82, 2.24) is 20.3 Å². The summed E-state index contributed by atoms with van der Waals surface area (Å²) >= 11 is 7.44. The molecule has 3 heterocycles. The first-order valence-electron chi connectivity index (χ1n) is 8.61. The Kier molecular flexibility index (Phi) is 4.94. The minimum absolute atomic E-state index is 0.00894. The van der Waals surface area contributed by atoms with E-state index in [0.29, 0.717) is 35.0 Å². The normalized spacial score (nSPS) is 20.1. The van der Waals surface area contributed by atoms with E-state index in [9.17, 15) is 9.90 Å². The van der Waals surface area contributed by atoms with Gasteiger partial charge in [-0.1, -0.05) is 11.6 Å². The largest absolute Gasteiger partial charge is 0.393 e. The van der Waals surface area contributed by atoms with Gasteiger partial charge in [0.25, 0.3) is 5.91 Å². The fraction of sp³-hybridized carbons (Fsp3) is 0.333. The average Bonchev–Trinajstić information content (AvgIpc) is 3.08. The van der Waals surface area contributed by atoms with E-state index in [0.717, 1.165) is 10.3 Å². The molecular weight excluding hydrogens is 386 g/mol. The van der Waals surface area contributed by atoms with Gasteiger partial charge in [-0.2, -0.15) is 0 Å². The molecule has 140 valence electrons. The lowest BCUT2D eigenvalue weighted by molar-refractivity contribution is 0.0561. The van der Waals surface area contributed by atoms with E-state index < -0.39 is 0 Å². The van der Waals surface area contributed by atoms with Crippen LogP contribution in [0, 0.1) is 0 Å². The summed E-state index contributed by atoms with van der Waals surface area (Å²) in [6.45, 7) is 1.95. The standard InChI is InChI=1S/C18H18ClN5O2S/c1-9(10-4-11(19)8-20-7-10)21-18-23-14-2-3-27-16(14)15(24-18)17(26)22-12-5-13(25)6-12/h2-4,7-9,12-13,25H,5-6H2,1H3,(H,22,26)(H,21,23,24). The second kappa shape index (κ2) is 7.38. The van der Waals surface area contributed by atoms with Gasteiger partial charge >= 0.3 is 0 Å². The van der Waals surface area contributed by atoms with Crippen LogP contribution in [-0.2, 0) is 0 Å². The van der Waals surface area contributed by atoms with Crippen molar-refractivity contribution in [3.63, 3.8) is 0 Å². The maximum Gasteiger partial charge on any atom is 0.271 e. The lowest BCUT2D eigenvalue weighted by Crippen LogP contribution is -2.47. The number of amides is 1. The summed E-state index contributed by atoms with van der Waals surface area (Å²) in [5.74, 6) is 0.119. The number of aliphatic hydroxyl groups is 1. The summed E-state index contributed by atoms with van der Waals surface area (Å²) in [6, 6.07) is 3.54. The molecule has 0 radical (unpaired) electrons. The van der Waals surface area contributed by atoms with Gasteiger partial charge in [-0.25, -0.2) is 9.97 Å². The number of anilines is 1. The molecule has 0 aliphatic heterocycles. The number of aromatic nitrogens is 3. The smallest absolute Gasteiger partial charge is 0.271 e. The van der Waals surface area contributed by atoms with Gasteiger partial charge in [-0.3, -0.25) is 9.78 Å². The molecule has 1 aliphatic rings. The first-order valence-corrected chi connectivity index (χ1v) is 9.86. The third kappa shape index (κ3) is 3.87. The first kappa shape index (κ1) is 18.1. The van der Waals surface area contributed by atoms with Gasteiger partial charge in [-0.05, 0) is 42.8 Å². The summed E-state index contributed by atoms with van der Waals surface area (Å²) in [5, 5.41) is 18.0. The number of aliphatic hydroxyl groups excluding tert-OH is 1. The van der Waals surface area contributed by atoms with E-state index in [1.165, 1.54) is 11.3 Å². The molecule has 0 saturated heterocycles. The maximum atomic E-state index is 12.7. The van der Waals surface area contributed by atoms with Crippen molar-refractivity contribution in [2.45, 2.75) is 38.0 Å². The van der Waals surface area contributed by atoms with E-state index in [2.05, 4.69) is 25.6 Å². The average molecular weight is 404 g/mol. The van der Waals surface area contributed by atoms with E-state index in [-0.39, 0.29) is 24.1 Å². The molecule has 9 heteroatoms. The molecule has 0 spiro atoms. The summed E-state index contributed by atoms with van der Waals surface area (Å²) < 4.78 is 0.745. The molecular formula is C18H18ClN5O2S. The van der Waals surface area contributed by atoms with Gasteiger partial charge in [0.1, 0.15) is 0 Å². The van der Waals surface area contributed by atoms with Gasteiger partial charge in [0.15, 0.2) is 5.69 Å². The lowest BCUT2D eigenvalue weighted by atomic mass is 9.89. The monoisotopic (exact) mass is 403 g/mol. The van der Waals surface area contributed by atoms with Crippen LogP contribution in [0.25, 0.3) is 10.2 Å². The van der Waals surface area contributed by atoms with Crippen LogP contribution in [0.15, 0.2) is 29.9 Å². The minimum Gasteiger partial charge on any atom is -0.393 e. The zero-order chi connectivity index (χ0) is 19.0. The van der Waals surface area contributed by atoms with Crippen molar-refractivity contribution in [2.24, 2.45) is 0 Å². The molecule has 1 fully saturated rings. The quantitative estimate of drug-likeness (QED) is 0.605. The lowest BCUT2D eigenvalue weighted by Gasteiger charge is -2.31. The molecule has 4 rings (SSSR count). The zero-order valence-electron chi connectivity index (χ0n) is 14.5. The van der Waals surface area contributed by atoms with Crippen molar-refractivity contribution in [3.05, 3.63) is 46.2 Å². The van der Waals surface area contributed by atoms with Crippen molar-refractivity contribution in [2.75, 3.05) is 5.32 Å². The predicted octanol–water partition coefficient (Wildman–Crippen LogP) is 3.17. The second-order valence-corrected chi connectivity index (χ2v) is 7.98. The molecule has 1 amide bonds. The van der Waals surface area contributed by atoms with Crippen LogP contribution in [0.4, 0.5) is 5.95 Å². The van der Waals surface area contributed by atoms with Crippen molar-refractivity contribution in [3.8, 4) is 0 Å². The highest BCUT2D eigenvalue weighted by Crippen LogP contribution is 2.27. The molecule has 1 unspecified atom stereocenters. The number of nitrogens with one attached hydrogen (secondary N) is 2. The Bertz CT molecular complexity index is 989. The SMILES string of the molecule is CC(Nc1nc(C(=O)NC2CC(O)C2)c2sccc2n1)c1cncc(Cl)c1. The van der Waals surface area contributed by atoms with Crippen LogP contribution in [0.1, 0.15) is 41.9 Å². The Labute approximate surface area is 164 Å². The van der Waals surface area contributed by atoms with Crippen LogP contribution in [0.3, 0.4) is 0 Å². The number of carbonyl (C=O) groups is 1. The number of halogens is 1. The molecule has 1 aliphatic carbocycles.